The molecule has 0 aliphatic carbocycles. The molecular weight excluding hydrogens is 275 g/mol. The van der Waals surface area contributed by atoms with E-state index in [1.165, 1.54) is 0 Å². The second-order valence-corrected chi connectivity index (χ2v) is 4.72. The zero-order valence-corrected chi connectivity index (χ0v) is 10.8. The Morgan fingerprint density at radius 3 is 2.87 bits per heavy atom. The van der Waals surface area contributed by atoms with Crippen LogP contribution in [-0.2, 0) is 0 Å². The van der Waals surface area contributed by atoms with Gasteiger partial charge in [0, 0.05) is 9.50 Å². The highest BCUT2D eigenvalue weighted by atomic mass is 79.9. The number of unbranched alkanes of at least 4 members (excludes halogenated alkanes) is 1. The molecule has 1 rings (SSSR count). The van der Waals surface area contributed by atoms with Crippen molar-refractivity contribution in [3.63, 3.8) is 0 Å². The van der Waals surface area contributed by atoms with Crippen LogP contribution in [0.3, 0.4) is 0 Å². The number of allylic oxidation sites excluding steroid dienone is 1. The lowest BCUT2D eigenvalue weighted by Gasteiger charge is -2.12. The third-order valence-electron chi connectivity index (χ3n) is 2.21. The predicted molar refractivity (Wildman–Crippen MR) is 68.2 cm³/mol. The maximum absolute atomic E-state index is 9.88. The van der Waals surface area contributed by atoms with Gasteiger partial charge in [0.25, 0.3) is 0 Å². The van der Waals surface area contributed by atoms with Crippen molar-refractivity contribution in [2.45, 2.75) is 25.4 Å². The third kappa shape index (κ3) is 3.98. The number of benzene rings is 1. The van der Waals surface area contributed by atoms with Crippen molar-refractivity contribution in [3.8, 4) is 0 Å². The number of aliphatic hydroxyl groups is 1. The van der Waals surface area contributed by atoms with E-state index in [9.17, 15) is 5.11 Å². The summed E-state index contributed by atoms with van der Waals surface area (Å²) in [6, 6.07) is 5.54. The Bertz CT molecular complexity index is 338. The molecule has 0 saturated heterocycles. The fourth-order valence-corrected chi connectivity index (χ4v) is 2.18. The second kappa shape index (κ2) is 6.31. The van der Waals surface area contributed by atoms with Crippen molar-refractivity contribution in [3.05, 3.63) is 45.9 Å². The molecule has 0 bridgehead atoms. The summed E-state index contributed by atoms with van der Waals surface area (Å²) >= 11 is 9.36. The van der Waals surface area contributed by atoms with Gasteiger partial charge in [-0.15, -0.1) is 6.58 Å². The highest BCUT2D eigenvalue weighted by Crippen LogP contribution is 2.29. The topological polar surface area (TPSA) is 20.2 Å². The first-order valence-corrected chi connectivity index (χ1v) is 6.06. The van der Waals surface area contributed by atoms with Gasteiger partial charge in [0.15, 0.2) is 0 Å². The molecule has 0 radical (unpaired) electrons. The van der Waals surface area contributed by atoms with Crippen molar-refractivity contribution >= 4 is 27.5 Å². The zero-order valence-electron chi connectivity index (χ0n) is 8.42. The van der Waals surface area contributed by atoms with E-state index in [1.807, 2.05) is 18.2 Å². The van der Waals surface area contributed by atoms with Gasteiger partial charge in [-0.1, -0.05) is 39.7 Å². The van der Waals surface area contributed by atoms with E-state index in [4.69, 9.17) is 11.6 Å². The number of aliphatic hydroxyl groups excluding tert-OH is 1. The first-order chi connectivity index (χ1) is 7.15. The summed E-state index contributed by atoms with van der Waals surface area (Å²) in [7, 11) is 0. The second-order valence-electron chi connectivity index (χ2n) is 3.40. The van der Waals surface area contributed by atoms with Gasteiger partial charge in [-0.25, -0.2) is 0 Å². The summed E-state index contributed by atoms with van der Waals surface area (Å²) in [5.74, 6) is 0. The average molecular weight is 290 g/mol. The average Bonchev–Trinajstić information content (AvgIpc) is 2.17. The minimum absolute atomic E-state index is 0.481. The summed E-state index contributed by atoms with van der Waals surface area (Å²) < 4.78 is 0.926. The molecule has 1 N–H and O–H groups in total. The highest BCUT2D eigenvalue weighted by molar-refractivity contribution is 9.10. The van der Waals surface area contributed by atoms with Crippen LogP contribution in [0.2, 0.25) is 5.02 Å². The number of hydrogen-bond acceptors (Lipinski definition) is 1. The molecule has 1 atom stereocenters. The van der Waals surface area contributed by atoms with Crippen LogP contribution in [0, 0.1) is 0 Å². The number of hydrogen-bond donors (Lipinski definition) is 1. The first kappa shape index (κ1) is 12.8. The minimum Gasteiger partial charge on any atom is -0.388 e. The molecule has 1 aromatic rings. The van der Waals surface area contributed by atoms with Gasteiger partial charge in [0.1, 0.15) is 0 Å². The Kier molecular flexibility index (Phi) is 5.37. The summed E-state index contributed by atoms with van der Waals surface area (Å²) in [4.78, 5) is 0. The lowest BCUT2D eigenvalue weighted by atomic mass is 10.0. The normalized spacial score (nSPS) is 12.5. The van der Waals surface area contributed by atoms with E-state index in [1.54, 1.807) is 6.07 Å². The lowest BCUT2D eigenvalue weighted by Crippen LogP contribution is -1.98. The van der Waals surface area contributed by atoms with E-state index in [0.717, 1.165) is 22.9 Å². The molecule has 0 aliphatic rings. The van der Waals surface area contributed by atoms with E-state index in [-0.39, 0.29) is 0 Å². The Morgan fingerprint density at radius 1 is 1.53 bits per heavy atom. The molecule has 0 aromatic heterocycles. The van der Waals surface area contributed by atoms with Crippen LogP contribution in [0.25, 0.3) is 0 Å². The fourth-order valence-electron chi connectivity index (χ4n) is 1.38. The quantitative estimate of drug-likeness (QED) is 0.625. The Labute approximate surface area is 104 Å². The molecule has 0 heterocycles. The van der Waals surface area contributed by atoms with Crippen LogP contribution in [0.1, 0.15) is 30.9 Å². The van der Waals surface area contributed by atoms with Crippen LogP contribution in [0.4, 0.5) is 0 Å². The standard InChI is InChI=1S/C12H14BrClO/c1-2-3-4-5-12(15)10-7-6-9(13)8-11(10)14/h2,6-8,12,15H,1,3-5H2. The summed E-state index contributed by atoms with van der Waals surface area (Å²) in [6.07, 6.45) is 3.94. The smallest absolute Gasteiger partial charge is 0.0804 e. The molecule has 0 saturated carbocycles. The Hall–Kier alpha value is -0.310. The largest absolute Gasteiger partial charge is 0.388 e. The van der Waals surface area contributed by atoms with Crippen molar-refractivity contribution in [1.82, 2.24) is 0 Å². The Morgan fingerprint density at radius 2 is 2.27 bits per heavy atom. The van der Waals surface area contributed by atoms with E-state index >= 15 is 0 Å². The molecule has 0 aliphatic heterocycles. The number of halogens is 2. The predicted octanol–water partition coefficient (Wildman–Crippen LogP) is 4.49. The third-order valence-corrected chi connectivity index (χ3v) is 3.03. The van der Waals surface area contributed by atoms with E-state index in [0.29, 0.717) is 11.4 Å². The maximum Gasteiger partial charge on any atom is 0.0804 e. The van der Waals surface area contributed by atoms with Crippen molar-refractivity contribution in [1.29, 1.82) is 0 Å². The summed E-state index contributed by atoms with van der Waals surface area (Å²) in [5, 5.41) is 10.5. The van der Waals surface area contributed by atoms with Crippen molar-refractivity contribution in [2.24, 2.45) is 0 Å². The Balaban J connectivity index is 2.64. The molecule has 1 unspecified atom stereocenters. The van der Waals surface area contributed by atoms with Crippen molar-refractivity contribution in [2.75, 3.05) is 0 Å². The summed E-state index contributed by atoms with van der Waals surface area (Å²) in [5.41, 5.74) is 0.795. The molecule has 3 heteroatoms. The highest BCUT2D eigenvalue weighted by Gasteiger charge is 2.10. The van der Waals surface area contributed by atoms with E-state index < -0.39 is 6.10 Å². The molecule has 82 valence electrons. The molecule has 15 heavy (non-hydrogen) atoms. The first-order valence-electron chi connectivity index (χ1n) is 4.89. The van der Waals surface area contributed by atoms with Gasteiger partial charge in [-0.3, -0.25) is 0 Å². The van der Waals surface area contributed by atoms with Gasteiger partial charge in [0.2, 0.25) is 0 Å². The fraction of sp³-hybridized carbons (Fsp3) is 0.333. The van der Waals surface area contributed by atoms with Gasteiger partial charge >= 0.3 is 0 Å². The molecular formula is C12H14BrClO. The van der Waals surface area contributed by atoms with Crippen LogP contribution in [0.5, 0.6) is 0 Å². The SMILES string of the molecule is C=CCCCC(O)c1ccc(Br)cc1Cl. The van der Waals surface area contributed by atoms with Crippen LogP contribution >= 0.6 is 27.5 Å². The minimum atomic E-state index is -0.481. The molecule has 0 amide bonds. The van der Waals surface area contributed by atoms with Gasteiger partial charge < -0.3 is 5.11 Å². The van der Waals surface area contributed by atoms with Crippen LogP contribution in [0.15, 0.2) is 35.3 Å². The monoisotopic (exact) mass is 288 g/mol. The van der Waals surface area contributed by atoms with Gasteiger partial charge in [-0.2, -0.15) is 0 Å². The van der Waals surface area contributed by atoms with Gasteiger partial charge in [0.05, 0.1) is 6.10 Å². The van der Waals surface area contributed by atoms with Crippen LogP contribution in [-0.4, -0.2) is 5.11 Å². The molecule has 1 nitrogen and oxygen atoms in total. The molecule has 0 fully saturated rings. The van der Waals surface area contributed by atoms with E-state index in [2.05, 4.69) is 22.5 Å². The maximum atomic E-state index is 9.88. The number of rotatable bonds is 5. The zero-order chi connectivity index (χ0) is 11.3. The van der Waals surface area contributed by atoms with Crippen LogP contribution < -0.4 is 0 Å². The molecule has 1 aromatic carbocycles. The van der Waals surface area contributed by atoms with Gasteiger partial charge in [-0.05, 0) is 37.0 Å². The molecule has 0 spiro atoms. The lowest BCUT2D eigenvalue weighted by molar-refractivity contribution is 0.165. The summed E-state index contributed by atoms with van der Waals surface area (Å²) in [6.45, 7) is 3.65. The van der Waals surface area contributed by atoms with Crippen molar-refractivity contribution < 1.29 is 5.11 Å².